The molecule has 1 aromatic heterocycles. The molecular weight excluding hydrogens is 320 g/mol. The van der Waals surface area contributed by atoms with Gasteiger partial charge in [-0.15, -0.1) is 0 Å². The molecule has 0 saturated heterocycles. The van der Waals surface area contributed by atoms with E-state index in [-0.39, 0.29) is 6.61 Å². The molecule has 0 amide bonds. The third kappa shape index (κ3) is 4.08. The van der Waals surface area contributed by atoms with Crippen molar-refractivity contribution in [3.8, 4) is 5.75 Å². The van der Waals surface area contributed by atoms with Crippen LogP contribution in [0.15, 0.2) is 41.1 Å². The quantitative estimate of drug-likeness (QED) is 0.879. The Hall–Kier alpha value is -1.33. The van der Waals surface area contributed by atoms with Crippen LogP contribution >= 0.6 is 15.9 Å². The lowest BCUT2D eigenvalue weighted by molar-refractivity contribution is 0.0915. The summed E-state index contributed by atoms with van der Waals surface area (Å²) in [7, 11) is 0. The highest BCUT2D eigenvalue weighted by Gasteiger charge is 2.12. The molecule has 2 rings (SSSR count). The van der Waals surface area contributed by atoms with Gasteiger partial charge in [0, 0.05) is 22.8 Å². The lowest BCUT2D eigenvalue weighted by atomic mass is 10.2. The third-order valence-corrected chi connectivity index (χ3v) is 3.46. The maximum Gasteiger partial charge on any atom is 0.119 e. The standard InChI is InChI=1S/C15H19BrN2O2/c1-11(2)15-17-7-8-18(15)9-13(19)10-20-14-5-3-12(16)4-6-14/h3-8,11,13,19H,9-10H2,1-2H3. The van der Waals surface area contributed by atoms with E-state index in [1.54, 1.807) is 6.20 Å². The first-order chi connectivity index (χ1) is 9.56. The Labute approximate surface area is 127 Å². The zero-order chi connectivity index (χ0) is 14.5. The second-order valence-corrected chi connectivity index (χ2v) is 5.93. The SMILES string of the molecule is CC(C)c1nccn1CC(O)COc1ccc(Br)cc1. The summed E-state index contributed by atoms with van der Waals surface area (Å²) in [5.41, 5.74) is 0. The number of benzene rings is 1. The molecule has 5 heteroatoms. The second kappa shape index (κ2) is 6.90. The predicted molar refractivity (Wildman–Crippen MR) is 82.0 cm³/mol. The molecule has 0 radical (unpaired) electrons. The zero-order valence-electron chi connectivity index (χ0n) is 11.7. The number of imidazole rings is 1. The topological polar surface area (TPSA) is 47.3 Å². The van der Waals surface area contributed by atoms with Crippen LogP contribution in [-0.2, 0) is 6.54 Å². The lowest BCUT2D eigenvalue weighted by Gasteiger charge is -2.16. The van der Waals surface area contributed by atoms with Crippen molar-refractivity contribution in [1.82, 2.24) is 9.55 Å². The van der Waals surface area contributed by atoms with Crippen LogP contribution in [0.4, 0.5) is 0 Å². The van der Waals surface area contributed by atoms with Crippen molar-refractivity contribution in [2.75, 3.05) is 6.61 Å². The van der Waals surface area contributed by atoms with Crippen molar-refractivity contribution < 1.29 is 9.84 Å². The van der Waals surface area contributed by atoms with E-state index in [0.29, 0.717) is 12.5 Å². The van der Waals surface area contributed by atoms with Gasteiger partial charge in [0.15, 0.2) is 0 Å². The largest absolute Gasteiger partial charge is 0.491 e. The molecule has 4 nitrogen and oxygen atoms in total. The van der Waals surface area contributed by atoms with E-state index in [1.165, 1.54) is 0 Å². The highest BCUT2D eigenvalue weighted by molar-refractivity contribution is 9.10. The van der Waals surface area contributed by atoms with Gasteiger partial charge in [-0.2, -0.15) is 0 Å². The van der Waals surface area contributed by atoms with Crippen LogP contribution in [0.3, 0.4) is 0 Å². The molecule has 2 aromatic rings. The molecule has 0 saturated carbocycles. The van der Waals surface area contributed by atoms with Crippen molar-refractivity contribution >= 4 is 15.9 Å². The van der Waals surface area contributed by atoms with Crippen LogP contribution in [0.25, 0.3) is 0 Å². The Balaban J connectivity index is 1.87. The van der Waals surface area contributed by atoms with Crippen molar-refractivity contribution in [2.24, 2.45) is 0 Å². The van der Waals surface area contributed by atoms with Crippen LogP contribution in [0.1, 0.15) is 25.6 Å². The van der Waals surface area contributed by atoms with E-state index < -0.39 is 6.10 Å². The van der Waals surface area contributed by atoms with Gasteiger partial charge in [0.05, 0.1) is 6.54 Å². The van der Waals surface area contributed by atoms with Crippen LogP contribution in [-0.4, -0.2) is 27.4 Å². The summed E-state index contributed by atoms with van der Waals surface area (Å²) >= 11 is 3.37. The van der Waals surface area contributed by atoms with Gasteiger partial charge in [-0.1, -0.05) is 29.8 Å². The van der Waals surface area contributed by atoms with Gasteiger partial charge in [-0.25, -0.2) is 4.98 Å². The monoisotopic (exact) mass is 338 g/mol. The Morgan fingerprint density at radius 3 is 2.65 bits per heavy atom. The van der Waals surface area contributed by atoms with Crippen LogP contribution in [0, 0.1) is 0 Å². The summed E-state index contributed by atoms with van der Waals surface area (Å²) in [5.74, 6) is 2.07. The van der Waals surface area contributed by atoms with E-state index in [1.807, 2.05) is 35.0 Å². The Morgan fingerprint density at radius 2 is 2.00 bits per heavy atom. The summed E-state index contributed by atoms with van der Waals surface area (Å²) < 4.78 is 8.54. The molecule has 1 aromatic carbocycles. The number of nitrogens with zero attached hydrogens (tertiary/aromatic N) is 2. The van der Waals surface area contributed by atoms with Gasteiger partial charge in [-0.3, -0.25) is 0 Å². The maximum atomic E-state index is 10.1. The number of hydrogen-bond acceptors (Lipinski definition) is 3. The molecule has 1 atom stereocenters. The zero-order valence-corrected chi connectivity index (χ0v) is 13.2. The van der Waals surface area contributed by atoms with E-state index in [0.717, 1.165) is 16.0 Å². The van der Waals surface area contributed by atoms with Gasteiger partial charge >= 0.3 is 0 Å². The average molecular weight is 339 g/mol. The molecule has 0 fully saturated rings. The maximum absolute atomic E-state index is 10.1. The lowest BCUT2D eigenvalue weighted by Crippen LogP contribution is -2.24. The second-order valence-electron chi connectivity index (χ2n) is 5.01. The highest BCUT2D eigenvalue weighted by Crippen LogP contribution is 2.17. The first kappa shape index (κ1) is 15.1. The first-order valence-corrected chi connectivity index (χ1v) is 7.43. The third-order valence-electron chi connectivity index (χ3n) is 2.93. The van der Waals surface area contributed by atoms with Crippen molar-refractivity contribution in [3.63, 3.8) is 0 Å². The molecule has 1 N–H and O–H groups in total. The smallest absolute Gasteiger partial charge is 0.119 e. The molecule has 20 heavy (non-hydrogen) atoms. The van der Waals surface area contributed by atoms with Crippen LogP contribution in [0.2, 0.25) is 0 Å². The molecule has 0 aliphatic carbocycles. The number of halogens is 1. The minimum absolute atomic E-state index is 0.261. The number of hydrogen-bond donors (Lipinski definition) is 1. The highest BCUT2D eigenvalue weighted by atomic mass is 79.9. The van der Waals surface area contributed by atoms with Crippen molar-refractivity contribution in [1.29, 1.82) is 0 Å². The van der Waals surface area contributed by atoms with E-state index in [4.69, 9.17) is 4.74 Å². The number of aliphatic hydroxyl groups is 1. The minimum atomic E-state index is -0.564. The molecule has 1 heterocycles. The Bertz CT molecular complexity index is 537. The summed E-state index contributed by atoms with van der Waals surface area (Å²) in [6, 6.07) is 7.56. The van der Waals surface area contributed by atoms with Crippen LogP contribution < -0.4 is 4.74 Å². The molecule has 108 valence electrons. The summed E-state index contributed by atoms with van der Waals surface area (Å²) in [6.07, 6.45) is 3.08. The Morgan fingerprint density at radius 1 is 1.30 bits per heavy atom. The summed E-state index contributed by atoms with van der Waals surface area (Å²) in [6.45, 7) is 4.93. The molecule has 0 aliphatic rings. The van der Waals surface area contributed by atoms with E-state index >= 15 is 0 Å². The fourth-order valence-electron chi connectivity index (χ4n) is 1.98. The van der Waals surface area contributed by atoms with Crippen molar-refractivity contribution in [2.45, 2.75) is 32.4 Å². The predicted octanol–water partition coefficient (Wildman–Crippen LogP) is 3.21. The fourth-order valence-corrected chi connectivity index (χ4v) is 2.24. The molecule has 0 spiro atoms. The van der Waals surface area contributed by atoms with Crippen LogP contribution in [0.5, 0.6) is 5.75 Å². The number of ether oxygens (including phenoxy) is 1. The first-order valence-electron chi connectivity index (χ1n) is 6.63. The molecule has 1 unspecified atom stereocenters. The molecule has 0 aliphatic heterocycles. The fraction of sp³-hybridized carbons (Fsp3) is 0.400. The summed E-state index contributed by atoms with van der Waals surface area (Å²) in [4.78, 5) is 4.30. The number of aromatic nitrogens is 2. The van der Waals surface area contributed by atoms with E-state index in [9.17, 15) is 5.11 Å². The average Bonchev–Trinajstić information content (AvgIpc) is 2.86. The van der Waals surface area contributed by atoms with Gasteiger partial charge in [-0.05, 0) is 24.3 Å². The van der Waals surface area contributed by atoms with Gasteiger partial charge < -0.3 is 14.4 Å². The van der Waals surface area contributed by atoms with E-state index in [2.05, 4.69) is 34.8 Å². The number of aliphatic hydroxyl groups excluding tert-OH is 1. The molecule has 0 bridgehead atoms. The van der Waals surface area contributed by atoms with Crippen molar-refractivity contribution in [3.05, 3.63) is 47.0 Å². The Kier molecular flexibility index (Phi) is 5.20. The summed E-state index contributed by atoms with van der Waals surface area (Å²) in [5, 5.41) is 10.1. The normalized spacial score (nSPS) is 12.7. The van der Waals surface area contributed by atoms with Gasteiger partial charge in [0.25, 0.3) is 0 Å². The minimum Gasteiger partial charge on any atom is -0.491 e. The molecular formula is C15H19BrN2O2. The van der Waals surface area contributed by atoms with Gasteiger partial charge in [0.1, 0.15) is 24.3 Å². The number of rotatable bonds is 6. The van der Waals surface area contributed by atoms with Gasteiger partial charge in [0.2, 0.25) is 0 Å².